The maximum atomic E-state index is 2.46. The molecule has 57 heavy (non-hydrogen) atoms. The van der Waals surface area contributed by atoms with E-state index in [1.165, 1.54) is 91.6 Å². The molecule has 3 heteroatoms. The number of hydrogen-bond acceptors (Lipinski definition) is 2. The van der Waals surface area contributed by atoms with Crippen LogP contribution >= 0.6 is 11.3 Å². The van der Waals surface area contributed by atoms with E-state index in [4.69, 9.17) is 0 Å². The summed E-state index contributed by atoms with van der Waals surface area (Å²) in [6.07, 6.45) is 0. The smallest absolute Gasteiger partial charge is 0.0620 e. The first kappa shape index (κ1) is 32.1. The summed E-state index contributed by atoms with van der Waals surface area (Å²) in [5.74, 6) is 0. The molecular weight excluding hydrogens is 709 g/mol. The van der Waals surface area contributed by atoms with Gasteiger partial charge in [-0.15, -0.1) is 11.3 Å². The number of hydrogen-bond donors (Lipinski definition) is 0. The first-order valence-corrected chi connectivity index (χ1v) is 20.3. The van der Waals surface area contributed by atoms with Gasteiger partial charge in [-0.1, -0.05) is 140 Å². The predicted molar refractivity (Wildman–Crippen MR) is 245 cm³/mol. The molecule has 2 nitrogen and oxygen atoms in total. The minimum Gasteiger partial charge on any atom is -0.311 e. The molecule has 0 aliphatic rings. The molecule has 3 heterocycles. The molecule has 0 spiro atoms. The van der Waals surface area contributed by atoms with E-state index in [0.717, 1.165) is 17.1 Å². The molecule has 0 fully saturated rings. The van der Waals surface area contributed by atoms with E-state index in [1.807, 2.05) is 11.3 Å². The van der Waals surface area contributed by atoms with Gasteiger partial charge in [0.1, 0.15) is 0 Å². The second kappa shape index (κ2) is 12.7. The Labute approximate surface area is 334 Å². The van der Waals surface area contributed by atoms with Crippen LogP contribution in [-0.4, -0.2) is 4.40 Å². The molecule has 0 N–H and O–H groups in total. The molecule has 9 aromatic carbocycles. The van der Waals surface area contributed by atoms with Crippen LogP contribution in [0.1, 0.15) is 0 Å². The molecule has 0 atom stereocenters. The van der Waals surface area contributed by atoms with Crippen molar-refractivity contribution >= 4 is 86.7 Å². The summed E-state index contributed by atoms with van der Waals surface area (Å²) in [6.45, 7) is 0. The van der Waals surface area contributed by atoms with Gasteiger partial charge in [0.2, 0.25) is 0 Å². The second-order valence-electron chi connectivity index (χ2n) is 14.9. The third-order valence-corrected chi connectivity index (χ3v) is 12.9. The van der Waals surface area contributed by atoms with Crippen molar-refractivity contribution in [1.29, 1.82) is 0 Å². The van der Waals surface area contributed by atoms with Gasteiger partial charge in [-0.25, -0.2) is 0 Å². The van der Waals surface area contributed by atoms with E-state index in [1.54, 1.807) is 0 Å². The number of fused-ring (bicyclic) bond motifs is 9. The monoisotopic (exact) mass is 742 g/mol. The lowest BCUT2D eigenvalue weighted by molar-refractivity contribution is 1.28. The third kappa shape index (κ3) is 5.10. The summed E-state index contributed by atoms with van der Waals surface area (Å²) in [7, 11) is 0. The van der Waals surface area contributed by atoms with Gasteiger partial charge in [-0.2, -0.15) is 0 Å². The van der Waals surface area contributed by atoms with Gasteiger partial charge < -0.3 is 9.30 Å². The number of benzene rings is 9. The predicted octanol–water partition coefficient (Wildman–Crippen LogP) is 15.7. The highest BCUT2D eigenvalue weighted by molar-refractivity contribution is 7.25. The zero-order chi connectivity index (χ0) is 37.5. The van der Waals surface area contributed by atoms with Crippen LogP contribution in [-0.2, 0) is 0 Å². The van der Waals surface area contributed by atoms with Gasteiger partial charge >= 0.3 is 0 Å². The molecule has 3 aromatic heterocycles. The number of aromatic nitrogens is 1. The van der Waals surface area contributed by atoms with Crippen molar-refractivity contribution < 1.29 is 0 Å². The van der Waals surface area contributed by atoms with E-state index in [-0.39, 0.29) is 0 Å². The molecule has 0 bridgehead atoms. The Hall–Kier alpha value is -7.20. The molecular formula is C54H34N2S. The molecule has 0 radical (unpaired) electrons. The van der Waals surface area contributed by atoms with Gasteiger partial charge in [0.15, 0.2) is 0 Å². The van der Waals surface area contributed by atoms with Gasteiger partial charge in [-0.05, 0) is 100 Å². The molecule has 12 rings (SSSR count). The largest absolute Gasteiger partial charge is 0.311 e. The van der Waals surface area contributed by atoms with Crippen molar-refractivity contribution in [2.45, 2.75) is 0 Å². The third-order valence-electron chi connectivity index (χ3n) is 11.8. The van der Waals surface area contributed by atoms with Crippen LogP contribution < -0.4 is 4.90 Å². The fraction of sp³-hybridized carbons (Fsp3) is 0. The Bertz CT molecular complexity index is 3430. The van der Waals surface area contributed by atoms with Gasteiger partial charge in [0, 0.05) is 58.8 Å². The summed E-state index contributed by atoms with van der Waals surface area (Å²) < 4.78 is 5.11. The summed E-state index contributed by atoms with van der Waals surface area (Å²) in [5.41, 5.74) is 14.4. The van der Waals surface area contributed by atoms with Gasteiger partial charge in [0.25, 0.3) is 0 Å². The quantitative estimate of drug-likeness (QED) is 0.165. The summed E-state index contributed by atoms with van der Waals surface area (Å²) in [6, 6.07) is 75.6. The zero-order valence-electron chi connectivity index (χ0n) is 30.9. The fourth-order valence-electron chi connectivity index (χ4n) is 9.00. The first-order chi connectivity index (χ1) is 28.2. The summed E-state index contributed by atoms with van der Waals surface area (Å²) in [4.78, 5) is 2.36. The Kier molecular flexibility index (Phi) is 7.13. The Morgan fingerprint density at radius 3 is 1.46 bits per heavy atom. The molecule has 0 saturated heterocycles. The topological polar surface area (TPSA) is 7.65 Å². The van der Waals surface area contributed by atoms with E-state index < -0.39 is 0 Å². The number of para-hydroxylation sites is 2. The van der Waals surface area contributed by atoms with Crippen molar-refractivity contribution in [1.82, 2.24) is 4.40 Å². The highest BCUT2D eigenvalue weighted by Crippen LogP contribution is 2.42. The van der Waals surface area contributed by atoms with E-state index >= 15 is 0 Å². The average molecular weight is 743 g/mol. The fourth-order valence-corrected chi connectivity index (χ4v) is 10.1. The van der Waals surface area contributed by atoms with Crippen molar-refractivity contribution in [3.63, 3.8) is 0 Å². The van der Waals surface area contributed by atoms with Crippen LogP contribution in [0.5, 0.6) is 0 Å². The summed E-state index contributed by atoms with van der Waals surface area (Å²) in [5, 5.41) is 7.86. The van der Waals surface area contributed by atoms with Crippen LogP contribution in [0, 0.1) is 0 Å². The molecule has 0 amide bonds. The minimum absolute atomic E-state index is 1.11. The Morgan fingerprint density at radius 1 is 0.298 bits per heavy atom. The van der Waals surface area contributed by atoms with Crippen molar-refractivity contribution in [3.05, 3.63) is 206 Å². The number of nitrogens with zero attached hydrogens (tertiary/aromatic N) is 2. The van der Waals surface area contributed by atoms with Gasteiger partial charge in [-0.3, -0.25) is 0 Å². The molecule has 0 unspecified atom stereocenters. The Morgan fingerprint density at radius 2 is 0.772 bits per heavy atom. The van der Waals surface area contributed by atoms with Crippen LogP contribution in [0.3, 0.4) is 0 Å². The molecule has 0 aliphatic heterocycles. The standard InChI is InChI=1S/C54H34N2S/c1-2-9-35(10-3-1)36-17-25-41(26-18-36)55(42-27-19-37(20-28-42)39-24-32-53-49(33-39)46-12-5-7-16-52(46)57-53)43-29-21-38(22-30-43)40-23-31-45-48-14-8-13-47-44-11-4-6-15-50(44)56(54(47)48)51(45)34-40/h1-34H. The molecule has 0 saturated carbocycles. The van der Waals surface area contributed by atoms with Crippen molar-refractivity contribution in [3.8, 4) is 33.4 Å². The van der Waals surface area contributed by atoms with Crippen molar-refractivity contribution in [2.24, 2.45) is 0 Å². The van der Waals surface area contributed by atoms with Crippen molar-refractivity contribution in [2.75, 3.05) is 4.90 Å². The number of thiophene rings is 1. The summed E-state index contributed by atoms with van der Waals surface area (Å²) >= 11 is 1.86. The van der Waals surface area contributed by atoms with E-state index in [0.29, 0.717) is 0 Å². The lowest BCUT2D eigenvalue weighted by Crippen LogP contribution is -2.09. The average Bonchev–Trinajstić information content (AvgIpc) is 3.94. The second-order valence-corrected chi connectivity index (χ2v) is 16.0. The van der Waals surface area contributed by atoms with E-state index in [9.17, 15) is 0 Å². The maximum Gasteiger partial charge on any atom is 0.0620 e. The lowest BCUT2D eigenvalue weighted by Gasteiger charge is -2.26. The minimum atomic E-state index is 1.11. The number of anilines is 3. The SMILES string of the molecule is c1ccc(-c2ccc(N(c3ccc(-c4ccc5sc6ccccc6c5c4)cc3)c3ccc(-c4ccc5c6cccc7c8ccccc8n(c5c4)c76)cc3)cc2)cc1. The highest BCUT2D eigenvalue weighted by atomic mass is 32.1. The Balaban J connectivity index is 0.937. The van der Waals surface area contributed by atoms with Crippen LogP contribution in [0.2, 0.25) is 0 Å². The number of rotatable bonds is 6. The molecule has 12 aromatic rings. The van der Waals surface area contributed by atoms with Crippen LogP contribution in [0.25, 0.3) is 91.6 Å². The zero-order valence-corrected chi connectivity index (χ0v) is 31.7. The molecule has 266 valence electrons. The maximum absolute atomic E-state index is 2.46. The van der Waals surface area contributed by atoms with Crippen LogP contribution in [0.4, 0.5) is 17.1 Å². The normalized spacial score (nSPS) is 11.9. The highest BCUT2D eigenvalue weighted by Gasteiger charge is 2.18. The first-order valence-electron chi connectivity index (χ1n) is 19.5. The molecule has 0 aliphatic carbocycles. The van der Waals surface area contributed by atoms with Crippen LogP contribution in [0.15, 0.2) is 206 Å². The lowest BCUT2D eigenvalue weighted by atomic mass is 10.0. The van der Waals surface area contributed by atoms with Gasteiger partial charge in [0.05, 0.1) is 16.6 Å². The van der Waals surface area contributed by atoms with E-state index in [2.05, 4.69) is 216 Å².